The molecule has 148 heavy (non-hydrogen) atoms. The summed E-state index contributed by atoms with van der Waals surface area (Å²) in [6.45, 7) is 104. The van der Waals surface area contributed by atoms with E-state index >= 15 is 0 Å². The van der Waals surface area contributed by atoms with Gasteiger partial charge < -0.3 is 28.4 Å². The predicted molar refractivity (Wildman–Crippen MR) is 649 cm³/mol. The number of ketones is 1. The number of hydrogen-bond acceptors (Lipinski definition) is 12. The van der Waals surface area contributed by atoms with Gasteiger partial charge in [0.15, 0.2) is 0 Å². The topological polar surface area (TPSA) is 158 Å². The first-order chi connectivity index (χ1) is 68.5. The summed E-state index contributed by atoms with van der Waals surface area (Å²) < 4.78 is 30.4. The fraction of sp³-hybridized carbons (Fsp3) is 0.567. The average Bonchev–Trinajstić information content (AvgIpc) is 1.20. The number of ether oxygens (including phenoxy) is 6. The van der Waals surface area contributed by atoms with E-state index in [0.717, 1.165) is 71.2 Å². The quantitative estimate of drug-likeness (QED) is 0.0109. The van der Waals surface area contributed by atoms with Crippen molar-refractivity contribution >= 4 is 53.2 Å². The summed E-state index contributed by atoms with van der Waals surface area (Å²) in [5, 5.41) is 1.03. The SMILES string of the molecule is C=CCCC(C)C.C=CCOC(=O)C(C)C.CC(=O)C(C)C.CC(C)C.CC(C)C(=O)OC(C)(C)C.CC(C)C(=O)OCC1c2ccccc2-c2ccccc21.CC(C)C(=O)OCC[SiH2]C(C)(C)C.CC(C)C(=O)OCc1ccccc1.CC(C)C(C)(C)C.CC(C)C(c1ccccc1)(c1ccccc1)c1ccccc1.CC(C)Cc1ccccc1.CC(C)[Si](C)(C)C(C)(C)C.CCC(C)C.COc1ccc(CC(C)C)cc1. The van der Waals surface area contributed by atoms with Crippen molar-refractivity contribution in [2.24, 2.45) is 82.3 Å². The number of fused-ring (bicyclic) bond motifs is 3. The van der Waals surface area contributed by atoms with Gasteiger partial charge in [0.25, 0.3) is 0 Å². The Hall–Kier alpha value is -9.51. The van der Waals surface area contributed by atoms with Crippen molar-refractivity contribution in [3.05, 3.63) is 294 Å². The first-order valence-electron chi connectivity index (χ1n) is 55.2. The van der Waals surface area contributed by atoms with Crippen LogP contribution >= 0.6 is 0 Å². The van der Waals surface area contributed by atoms with E-state index in [1.807, 2.05) is 151 Å². The van der Waals surface area contributed by atoms with Gasteiger partial charge in [-0.25, -0.2) is 0 Å². The molecule has 8 aromatic rings. The van der Waals surface area contributed by atoms with Crippen LogP contribution in [-0.2, 0) is 77.3 Å². The molecule has 0 N–H and O–H groups in total. The van der Waals surface area contributed by atoms with Crippen LogP contribution < -0.4 is 4.74 Å². The van der Waals surface area contributed by atoms with Gasteiger partial charge in [0.1, 0.15) is 37.0 Å². The van der Waals surface area contributed by atoms with Crippen molar-refractivity contribution in [2.45, 2.75) is 388 Å². The average molecular weight is 2080 g/mol. The molecule has 0 atom stereocenters. The molecule has 0 amide bonds. The number of allylic oxidation sites excluding steroid dienone is 1. The van der Waals surface area contributed by atoms with Gasteiger partial charge in [0.05, 0.1) is 51.4 Å². The molecule has 1 aliphatic carbocycles. The van der Waals surface area contributed by atoms with Crippen LogP contribution in [0.1, 0.15) is 367 Å². The third-order valence-electron chi connectivity index (χ3n) is 24.5. The zero-order valence-electron chi connectivity index (χ0n) is 103. The summed E-state index contributed by atoms with van der Waals surface area (Å²) in [4.78, 5) is 65.6. The van der Waals surface area contributed by atoms with Gasteiger partial charge in [0, 0.05) is 26.8 Å². The second-order valence-electron chi connectivity index (χ2n) is 48.3. The van der Waals surface area contributed by atoms with E-state index in [2.05, 4.69) is 383 Å². The minimum absolute atomic E-state index is 0.0105. The van der Waals surface area contributed by atoms with Gasteiger partial charge >= 0.3 is 29.8 Å². The van der Waals surface area contributed by atoms with Gasteiger partial charge in [-0.3, -0.25) is 28.8 Å². The van der Waals surface area contributed by atoms with E-state index in [9.17, 15) is 28.8 Å². The molecule has 0 unspecified atom stereocenters. The standard InChI is InChI=1S/C22H22.C18H18O2.C11H14O2.C11H16O.C10H22O2Si.C10H14.C9H22Si.C8H16O2.C7H12O2.C7H16.C7H14.C5H10O.C5H12.C4H10/c1-18(2)22(19-12-6-3-7-13-19,20-14-8-4-9-15-20)21-16-10-5-11-17-21;1-12(2)18(19)20-11-17-15-9-5-3-7-13(15)14-8-4-6-10-16(14)17;1-9(2)11(12)13-8-10-6-4-3-5-7-10;1-9(2)8-10-4-6-11(12-3)7-5-10;1-8(2)9(11)12-6-7-13-10(3,4)5;1-9(2)8-10-6-4-3-5-7-10;1-8(2)10(6,7)9(3,4)5;1-6(2)7(9)10-8(3,4)5;1-4-5-9-7(8)6(2)3;1-6(2)7(3,4)5;1-4-5-6-7(2)3;1-4(2)5(3)6;1-4-5(2)3;1-4(2)3/h3-18H,1-2H3;3-10,12,17H,11H2,1-2H3;3-7,9H,8H2,1-2H3;4-7,9H,8H2,1-3H3;8H,6-7,13H2,1-5H3;3-7,9H,8H2,1-2H3;8H,1-7H3;6H,1-5H3;4,6H,1,5H2,2-3H3;6H,1-5H3;4,7H,1,5-6H2,2-3H3;4H,1-3H3;5H,4H2,1-3H3;4H,1-3H3. The molecule has 12 nitrogen and oxygen atoms in total. The zero-order valence-corrected chi connectivity index (χ0v) is 105. The maximum Gasteiger partial charge on any atom is 0.308 e. The molecule has 834 valence electrons. The van der Waals surface area contributed by atoms with Crippen molar-refractivity contribution in [3.63, 3.8) is 0 Å². The molecule has 0 saturated heterocycles. The smallest absolute Gasteiger partial charge is 0.308 e. The molecule has 0 fully saturated rings. The van der Waals surface area contributed by atoms with Crippen molar-refractivity contribution in [1.29, 1.82) is 0 Å². The summed E-state index contributed by atoms with van der Waals surface area (Å²) in [7, 11) is 0.615. The van der Waals surface area contributed by atoms with Crippen LogP contribution in [0.5, 0.6) is 5.75 Å². The van der Waals surface area contributed by atoms with Crippen LogP contribution in [-0.4, -0.2) is 85.8 Å². The Morgan fingerprint density at radius 2 is 0.703 bits per heavy atom. The maximum absolute atomic E-state index is 11.7. The van der Waals surface area contributed by atoms with Gasteiger partial charge in [-0.05, 0) is 184 Å². The highest BCUT2D eigenvalue weighted by atomic mass is 28.3. The predicted octanol–water partition coefficient (Wildman–Crippen LogP) is 37.3. The Morgan fingerprint density at radius 1 is 0.385 bits per heavy atom. The lowest BCUT2D eigenvalue weighted by Crippen LogP contribution is -2.39. The van der Waals surface area contributed by atoms with Crippen molar-refractivity contribution < 1.29 is 57.2 Å². The highest BCUT2D eigenvalue weighted by molar-refractivity contribution is 6.81. The number of rotatable bonds is 29. The van der Waals surface area contributed by atoms with Crippen LogP contribution in [0.4, 0.5) is 0 Å². The number of carbonyl (C=O) groups excluding carboxylic acids is 6. The second kappa shape index (κ2) is 80.4. The molecule has 1 aliphatic rings. The Kier molecular flexibility index (Phi) is 79.8. The number of Topliss-reactive ketones (excluding diaryl/α,β-unsaturated/α-hetero) is 1. The largest absolute Gasteiger partial charge is 0.497 e. The highest BCUT2D eigenvalue weighted by Gasteiger charge is 2.40. The number of methoxy groups -OCH3 is 1. The Morgan fingerprint density at radius 3 is 0.959 bits per heavy atom. The van der Waals surface area contributed by atoms with Gasteiger partial charge in [0.2, 0.25) is 0 Å². The number of carbonyl (C=O) groups is 6. The summed E-state index contributed by atoms with van der Waals surface area (Å²) in [6.07, 6.45) is 9.62. The van der Waals surface area contributed by atoms with Crippen LogP contribution in [0.3, 0.4) is 0 Å². The summed E-state index contributed by atoms with van der Waals surface area (Å²) in [5.74, 6) is 6.00. The van der Waals surface area contributed by atoms with E-state index in [0.29, 0.717) is 47.8 Å². The molecule has 0 bridgehead atoms. The first kappa shape index (κ1) is 147. The molecule has 9 rings (SSSR count). The Bertz CT molecular complexity index is 4540. The normalized spacial score (nSPS) is 11.4. The maximum atomic E-state index is 11.7. The lowest BCUT2D eigenvalue weighted by molar-refractivity contribution is -0.158. The Labute approximate surface area is 913 Å². The lowest BCUT2D eigenvalue weighted by Gasteiger charge is -2.40. The molecular formula is C134H218O12Si2. The second-order valence-corrected chi connectivity index (χ2v) is 57.7. The molecule has 0 spiro atoms. The lowest BCUT2D eigenvalue weighted by atomic mass is 9.63. The third kappa shape index (κ3) is 72.0. The Balaban J connectivity index is -0.000000508. The van der Waals surface area contributed by atoms with Crippen molar-refractivity contribution in [2.75, 3.05) is 26.9 Å². The highest BCUT2D eigenvalue weighted by Crippen LogP contribution is 2.47. The molecule has 8 aromatic carbocycles. The summed E-state index contributed by atoms with van der Waals surface area (Å²) >= 11 is 0. The minimum atomic E-state index is -0.982. The third-order valence-corrected chi connectivity index (χ3v) is 33.4. The number of hydrogen-bond donors (Lipinski definition) is 0. The van der Waals surface area contributed by atoms with Crippen LogP contribution in [0.15, 0.2) is 250 Å². The molecule has 0 aromatic heterocycles. The summed E-state index contributed by atoms with van der Waals surface area (Å²) in [5.41, 5.74) is 13.8. The molecule has 0 heterocycles. The van der Waals surface area contributed by atoms with E-state index < -0.39 is 8.07 Å². The van der Waals surface area contributed by atoms with Gasteiger partial charge in [-0.15, -0.1) is 6.58 Å². The van der Waals surface area contributed by atoms with Gasteiger partial charge in [-0.2, -0.15) is 0 Å². The molecule has 14 heteroatoms. The van der Waals surface area contributed by atoms with Crippen LogP contribution in [0.25, 0.3) is 11.1 Å². The summed E-state index contributed by atoms with van der Waals surface area (Å²) in [6, 6.07) is 79.0. The van der Waals surface area contributed by atoms with Crippen LogP contribution in [0, 0.1) is 82.3 Å². The first-order valence-corrected chi connectivity index (χ1v) is 60.0. The van der Waals surface area contributed by atoms with Crippen LogP contribution in [0.2, 0.25) is 34.8 Å². The van der Waals surface area contributed by atoms with Crippen molar-refractivity contribution in [1.82, 2.24) is 0 Å². The van der Waals surface area contributed by atoms with E-state index in [1.165, 1.54) is 69.3 Å². The van der Waals surface area contributed by atoms with E-state index in [1.54, 1.807) is 34.0 Å². The minimum Gasteiger partial charge on any atom is -0.497 e. The van der Waals surface area contributed by atoms with Crippen molar-refractivity contribution in [3.8, 4) is 16.9 Å². The molecular weight excluding hydrogens is 1860 g/mol. The van der Waals surface area contributed by atoms with E-state index in [-0.39, 0.29) is 97.6 Å². The molecule has 0 saturated carbocycles. The fourth-order valence-corrected chi connectivity index (χ4v) is 15.7. The number of esters is 5. The molecule has 0 radical (unpaired) electrons. The zero-order chi connectivity index (χ0) is 115. The van der Waals surface area contributed by atoms with E-state index in [4.69, 9.17) is 28.4 Å². The fourth-order valence-electron chi connectivity index (χ4n) is 12.6. The van der Waals surface area contributed by atoms with Gasteiger partial charge in [-0.1, -0.05) is 526 Å². The monoisotopic (exact) mass is 2080 g/mol. The molecule has 0 aliphatic heterocycles. The number of benzene rings is 8.